The Hall–Kier alpha value is -4.21. The second-order valence-corrected chi connectivity index (χ2v) is 12.5. The Balaban J connectivity index is 1.72. The summed E-state index contributed by atoms with van der Waals surface area (Å²) in [7, 11) is 0. The summed E-state index contributed by atoms with van der Waals surface area (Å²) in [5.74, 6) is -2.78. The van der Waals surface area contributed by atoms with Gasteiger partial charge in [0.25, 0.3) is 5.91 Å². The lowest BCUT2D eigenvalue weighted by Crippen LogP contribution is -2.55. The predicted molar refractivity (Wildman–Crippen MR) is 165 cm³/mol. The van der Waals surface area contributed by atoms with E-state index in [0.717, 1.165) is 11.1 Å². The van der Waals surface area contributed by atoms with Crippen molar-refractivity contribution in [3.05, 3.63) is 71.8 Å². The highest BCUT2D eigenvalue weighted by Crippen LogP contribution is 2.21. The number of hydrogen-bond acceptors (Lipinski definition) is 7. The highest BCUT2D eigenvalue weighted by molar-refractivity contribution is 6.38. The van der Waals surface area contributed by atoms with Crippen LogP contribution in [0.3, 0.4) is 0 Å². The van der Waals surface area contributed by atoms with Gasteiger partial charge in [-0.05, 0) is 69.9 Å². The number of carbonyl (C=O) groups excluding carboxylic acids is 5. The first-order valence-corrected chi connectivity index (χ1v) is 15.2. The van der Waals surface area contributed by atoms with E-state index < -0.39 is 53.4 Å². The fourth-order valence-electron chi connectivity index (χ4n) is 5.06. The van der Waals surface area contributed by atoms with Gasteiger partial charge in [0, 0.05) is 6.54 Å². The van der Waals surface area contributed by atoms with Crippen LogP contribution in [-0.4, -0.2) is 64.8 Å². The number of aryl methyl sites for hydroxylation is 1. The largest absolute Gasteiger partial charge is 0.458 e. The third kappa shape index (κ3) is 10.8. The molecule has 44 heavy (non-hydrogen) atoms. The lowest BCUT2D eigenvalue weighted by molar-refractivity contribution is -0.159. The van der Waals surface area contributed by atoms with Crippen LogP contribution in [0.1, 0.15) is 71.4 Å². The van der Waals surface area contributed by atoms with Gasteiger partial charge in [-0.15, -0.1) is 0 Å². The van der Waals surface area contributed by atoms with Crippen molar-refractivity contribution in [3.63, 3.8) is 0 Å². The number of likely N-dealkylation sites (tertiary alicyclic amines) is 1. The molecule has 1 aliphatic heterocycles. The molecule has 238 valence electrons. The minimum atomic E-state index is -1.01. The van der Waals surface area contributed by atoms with Crippen molar-refractivity contribution in [1.29, 1.82) is 0 Å². The smallest absolute Gasteiger partial charge is 0.408 e. The fraction of sp³-hybridized carbons (Fsp3) is 0.500. The molecule has 2 N–H and O–H groups in total. The van der Waals surface area contributed by atoms with E-state index in [-0.39, 0.29) is 31.9 Å². The number of nitrogens with zero attached hydrogens (tertiary/aromatic N) is 1. The second-order valence-electron chi connectivity index (χ2n) is 12.5. The molecule has 1 aliphatic rings. The zero-order chi connectivity index (χ0) is 32.3. The van der Waals surface area contributed by atoms with E-state index in [1.165, 1.54) is 4.90 Å². The van der Waals surface area contributed by atoms with Gasteiger partial charge in [0.05, 0.1) is 0 Å². The Morgan fingerprint density at radius 2 is 1.50 bits per heavy atom. The first-order valence-electron chi connectivity index (χ1n) is 15.2. The summed E-state index contributed by atoms with van der Waals surface area (Å²) >= 11 is 0. The number of alkyl carbamates (subject to hydrolysis) is 1. The molecule has 3 atom stereocenters. The minimum Gasteiger partial charge on any atom is -0.458 e. The average Bonchev–Trinajstić information content (AvgIpc) is 3.47. The molecule has 0 radical (unpaired) electrons. The van der Waals surface area contributed by atoms with Crippen LogP contribution in [0.25, 0.3) is 0 Å². The zero-order valence-electron chi connectivity index (χ0n) is 26.3. The van der Waals surface area contributed by atoms with Crippen molar-refractivity contribution in [2.24, 2.45) is 5.92 Å². The number of rotatable bonds is 13. The number of esters is 1. The summed E-state index contributed by atoms with van der Waals surface area (Å²) in [4.78, 5) is 67.3. The molecule has 2 aromatic carbocycles. The molecular formula is C34H45N3O7. The molecule has 0 aromatic heterocycles. The van der Waals surface area contributed by atoms with Gasteiger partial charge in [-0.1, -0.05) is 74.5 Å². The SMILES string of the molecule is CC(C)C[C@@H](NC(=O)C(=O)[C@@H]1CCCN1C(=O)[C@H](CCc1ccccc1)NC(=O)OCc1ccccc1)C(=O)OC(C)(C)C. The molecule has 1 fully saturated rings. The van der Waals surface area contributed by atoms with E-state index in [4.69, 9.17) is 9.47 Å². The lowest BCUT2D eigenvalue weighted by Gasteiger charge is -2.29. The number of benzene rings is 2. The second kappa shape index (κ2) is 16.0. The highest BCUT2D eigenvalue weighted by Gasteiger charge is 2.41. The van der Waals surface area contributed by atoms with Gasteiger partial charge in [-0.2, -0.15) is 0 Å². The Bertz CT molecular complexity index is 1270. The van der Waals surface area contributed by atoms with E-state index in [9.17, 15) is 24.0 Å². The quantitative estimate of drug-likeness (QED) is 0.256. The monoisotopic (exact) mass is 607 g/mol. The van der Waals surface area contributed by atoms with Crippen molar-refractivity contribution in [1.82, 2.24) is 15.5 Å². The number of amides is 3. The molecule has 2 aromatic rings. The maximum atomic E-state index is 13.8. The summed E-state index contributed by atoms with van der Waals surface area (Å²) < 4.78 is 10.8. The molecule has 10 heteroatoms. The van der Waals surface area contributed by atoms with Gasteiger partial charge in [-0.25, -0.2) is 9.59 Å². The molecule has 0 aliphatic carbocycles. The van der Waals surface area contributed by atoms with Gasteiger partial charge in [0.2, 0.25) is 11.7 Å². The van der Waals surface area contributed by atoms with Crippen LogP contribution in [0.2, 0.25) is 0 Å². The van der Waals surface area contributed by atoms with E-state index >= 15 is 0 Å². The van der Waals surface area contributed by atoms with Gasteiger partial charge in [0.15, 0.2) is 0 Å². The Kier molecular flexibility index (Phi) is 12.5. The lowest BCUT2D eigenvalue weighted by atomic mass is 10.0. The maximum Gasteiger partial charge on any atom is 0.408 e. The summed E-state index contributed by atoms with van der Waals surface area (Å²) in [6.45, 7) is 9.27. The normalized spacial score (nSPS) is 16.1. The molecular weight excluding hydrogens is 562 g/mol. The van der Waals surface area contributed by atoms with Gasteiger partial charge in [-0.3, -0.25) is 14.4 Å². The van der Waals surface area contributed by atoms with Crippen LogP contribution in [0.4, 0.5) is 4.79 Å². The Morgan fingerprint density at radius 3 is 2.09 bits per heavy atom. The van der Waals surface area contributed by atoms with Crippen LogP contribution >= 0.6 is 0 Å². The number of carbonyl (C=O) groups is 5. The van der Waals surface area contributed by atoms with Crippen LogP contribution in [0.5, 0.6) is 0 Å². The van der Waals surface area contributed by atoms with Crippen molar-refractivity contribution >= 4 is 29.7 Å². The minimum absolute atomic E-state index is 0.0342. The van der Waals surface area contributed by atoms with Crippen LogP contribution in [-0.2, 0) is 41.7 Å². The molecule has 3 amide bonds. The van der Waals surface area contributed by atoms with Crippen LogP contribution in [0, 0.1) is 5.92 Å². The summed E-state index contributed by atoms with van der Waals surface area (Å²) in [5.41, 5.74) is 1.02. The average molecular weight is 608 g/mol. The molecule has 0 unspecified atom stereocenters. The van der Waals surface area contributed by atoms with Crippen molar-refractivity contribution in [3.8, 4) is 0 Å². The molecule has 1 heterocycles. The Labute approximate surface area is 259 Å². The third-order valence-electron chi connectivity index (χ3n) is 7.13. The molecule has 0 spiro atoms. The van der Waals surface area contributed by atoms with Gasteiger partial charge >= 0.3 is 12.1 Å². The number of ketones is 1. The van der Waals surface area contributed by atoms with Crippen LogP contribution < -0.4 is 10.6 Å². The topological polar surface area (TPSA) is 131 Å². The fourth-order valence-corrected chi connectivity index (χ4v) is 5.06. The number of hydrogen-bond donors (Lipinski definition) is 2. The highest BCUT2D eigenvalue weighted by atomic mass is 16.6. The van der Waals surface area contributed by atoms with E-state index in [1.54, 1.807) is 20.8 Å². The van der Waals surface area contributed by atoms with Crippen molar-refractivity contribution < 1.29 is 33.4 Å². The maximum absolute atomic E-state index is 13.8. The van der Waals surface area contributed by atoms with E-state index in [2.05, 4.69) is 10.6 Å². The van der Waals surface area contributed by atoms with Gasteiger partial charge in [0.1, 0.15) is 30.3 Å². The van der Waals surface area contributed by atoms with Gasteiger partial charge < -0.3 is 25.0 Å². The zero-order valence-corrected chi connectivity index (χ0v) is 26.3. The molecule has 3 rings (SSSR count). The molecule has 0 saturated carbocycles. The van der Waals surface area contributed by atoms with Crippen LogP contribution in [0.15, 0.2) is 60.7 Å². The summed E-state index contributed by atoms with van der Waals surface area (Å²) in [6, 6.07) is 15.7. The molecule has 0 bridgehead atoms. The molecule has 10 nitrogen and oxygen atoms in total. The van der Waals surface area contributed by atoms with Crippen molar-refractivity contribution in [2.45, 2.75) is 97.1 Å². The number of Topliss-reactive ketones (excluding diaryl/α,β-unsaturated/α-hetero) is 1. The standard InChI is InChI=1S/C34H45N3O7/c1-23(2)21-27(32(41)44-34(3,4)5)35-30(39)29(38)28-17-12-20-37(28)31(40)26(19-18-24-13-8-6-9-14-24)36-33(42)43-22-25-15-10-7-11-16-25/h6-11,13-16,23,26-28H,12,17-22H2,1-5H3,(H,35,39)(H,36,42)/t26-,27+,28-/m0/s1. The summed E-state index contributed by atoms with van der Waals surface area (Å²) in [6.07, 6.45) is 1.11. The van der Waals surface area contributed by atoms with E-state index in [1.807, 2.05) is 74.5 Å². The third-order valence-corrected chi connectivity index (χ3v) is 7.13. The molecule has 1 saturated heterocycles. The first kappa shape index (κ1) is 34.3. The first-order chi connectivity index (χ1) is 20.8. The van der Waals surface area contributed by atoms with Crippen molar-refractivity contribution in [2.75, 3.05) is 6.54 Å². The number of ether oxygens (including phenoxy) is 2. The Morgan fingerprint density at radius 1 is 0.886 bits per heavy atom. The number of nitrogens with one attached hydrogen (secondary N) is 2. The predicted octanol–water partition coefficient (Wildman–Crippen LogP) is 4.35. The summed E-state index contributed by atoms with van der Waals surface area (Å²) in [5, 5.41) is 5.24. The van der Waals surface area contributed by atoms with E-state index in [0.29, 0.717) is 19.3 Å².